The second kappa shape index (κ2) is 5.52. The zero-order valence-corrected chi connectivity index (χ0v) is 11.2. The molecule has 0 fully saturated rings. The van der Waals surface area contributed by atoms with Gasteiger partial charge in [0.2, 0.25) is 0 Å². The van der Waals surface area contributed by atoms with Crippen LogP contribution in [-0.4, -0.2) is 17.9 Å². The lowest BCUT2D eigenvalue weighted by molar-refractivity contribution is -0.385. The van der Waals surface area contributed by atoms with E-state index in [1.807, 2.05) is 18.2 Å². The normalized spacial score (nSPS) is 10.1. The van der Waals surface area contributed by atoms with Crippen molar-refractivity contribution in [3.05, 3.63) is 69.8 Å². The quantitative estimate of drug-likeness (QED) is 0.635. The van der Waals surface area contributed by atoms with Crippen LogP contribution in [0.1, 0.15) is 15.9 Å². The van der Waals surface area contributed by atoms with Gasteiger partial charge in [-0.3, -0.25) is 14.9 Å². The summed E-state index contributed by atoms with van der Waals surface area (Å²) in [6, 6.07) is 13.6. The number of rotatable bonds is 3. The van der Waals surface area contributed by atoms with E-state index in [1.165, 1.54) is 11.0 Å². The van der Waals surface area contributed by atoms with E-state index in [2.05, 4.69) is 0 Å². The molecule has 20 heavy (non-hydrogen) atoms. The van der Waals surface area contributed by atoms with Crippen molar-refractivity contribution in [3.8, 4) is 0 Å². The van der Waals surface area contributed by atoms with E-state index in [1.54, 1.807) is 38.2 Å². The molecule has 0 heterocycles. The van der Waals surface area contributed by atoms with Crippen molar-refractivity contribution in [1.82, 2.24) is 0 Å². The predicted octanol–water partition coefficient (Wildman–Crippen LogP) is 3.18. The molecule has 0 saturated carbocycles. The number of benzene rings is 2. The molecular weight excluding hydrogens is 256 g/mol. The molecule has 2 aromatic carbocycles. The SMILES string of the molecule is Cc1ccc(C(=O)N(C)c2ccccc2)cc1[N+](=O)[O-]. The second-order valence-corrected chi connectivity index (χ2v) is 4.46. The molecule has 1 amide bonds. The largest absolute Gasteiger partial charge is 0.311 e. The Morgan fingerprint density at radius 3 is 2.40 bits per heavy atom. The van der Waals surface area contributed by atoms with Crippen LogP contribution in [0.5, 0.6) is 0 Å². The minimum Gasteiger partial charge on any atom is -0.311 e. The summed E-state index contributed by atoms with van der Waals surface area (Å²) in [5.41, 5.74) is 1.53. The van der Waals surface area contributed by atoms with Crippen LogP contribution in [0.25, 0.3) is 0 Å². The first-order chi connectivity index (χ1) is 9.50. The molecule has 0 aromatic heterocycles. The zero-order chi connectivity index (χ0) is 14.7. The Balaban J connectivity index is 2.34. The number of hydrogen-bond donors (Lipinski definition) is 0. The van der Waals surface area contributed by atoms with Crippen LogP contribution < -0.4 is 4.90 Å². The summed E-state index contributed by atoms with van der Waals surface area (Å²) in [7, 11) is 1.64. The third kappa shape index (κ3) is 2.66. The van der Waals surface area contributed by atoms with Gasteiger partial charge in [0.05, 0.1) is 4.92 Å². The summed E-state index contributed by atoms with van der Waals surface area (Å²) < 4.78 is 0. The Bertz CT molecular complexity index is 653. The summed E-state index contributed by atoms with van der Waals surface area (Å²) in [4.78, 5) is 24.2. The Morgan fingerprint density at radius 1 is 1.15 bits per heavy atom. The van der Waals surface area contributed by atoms with Crippen molar-refractivity contribution in [3.63, 3.8) is 0 Å². The maximum Gasteiger partial charge on any atom is 0.273 e. The van der Waals surface area contributed by atoms with Gasteiger partial charge in [-0.25, -0.2) is 0 Å². The minimum absolute atomic E-state index is 0.0442. The van der Waals surface area contributed by atoms with Crippen molar-refractivity contribution >= 4 is 17.3 Å². The maximum atomic E-state index is 12.3. The van der Waals surface area contributed by atoms with Crippen LogP contribution in [0.15, 0.2) is 48.5 Å². The molecule has 0 unspecified atom stereocenters. The van der Waals surface area contributed by atoms with Crippen LogP contribution in [0.2, 0.25) is 0 Å². The van der Waals surface area contributed by atoms with Gasteiger partial charge in [-0.05, 0) is 25.1 Å². The smallest absolute Gasteiger partial charge is 0.273 e. The lowest BCUT2D eigenvalue weighted by Gasteiger charge is -2.17. The van der Waals surface area contributed by atoms with Crippen molar-refractivity contribution in [2.75, 3.05) is 11.9 Å². The van der Waals surface area contributed by atoms with Gasteiger partial charge in [0.25, 0.3) is 11.6 Å². The van der Waals surface area contributed by atoms with Crippen LogP contribution in [0, 0.1) is 17.0 Å². The maximum absolute atomic E-state index is 12.3. The van der Waals surface area contributed by atoms with Gasteiger partial charge in [-0.2, -0.15) is 0 Å². The van der Waals surface area contributed by atoms with Gasteiger partial charge >= 0.3 is 0 Å². The van der Waals surface area contributed by atoms with Gasteiger partial charge < -0.3 is 4.90 Å². The van der Waals surface area contributed by atoms with Crippen LogP contribution in [0.3, 0.4) is 0 Å². The zero-order valence-electron chi connectivity index (χ0n) is 11.2. The van der Waals surface area contributed by atoms with E-state index in [0.29, 0.717) is 11.1 Å². The van der Waals surface area contributed by atoms with Crippen molar-refractivity contribution in [2.24, 2.45) is 0 Å². The van der Waals surface area contributed by atoms with E-state index in [9.17, 15) is 14.9 Å². The molecular formula is C15H14N2O3. The highest BCUT2D eigenvalue weighted by atomic mass is 16.6. The van der Waals surface area contributed by atoms with Crippen molar-refractivity contribution in [1.29, 1.82) is 0 Å². The van der Waals surface area contributed by atoms with Crippen LogP contribution in [-0.2, 0) is 0 Å². The number of para-hydroxylation sites is 1. The lowest BCUT2D eigenvalue weighted by atomic mass is 10.1. The number of carbonyl (C=O) groups is 1. The first-order valence-electron chi connectivity index (χ1n) is 6.09. The molecule has 0 radical (unpaired) electrons. The number of hydrogen-bond acceptors (Lipinski definition) is 3. The fraction of sp³-hybridized carbons (Fsp3) is 0.133. The topological polar surface area (TPSA) is 63.5 Å². The summed E-state index contributed by atoms with van der Waals surface area (Å²) in [6.45, 7) is 1.65. The summed E-state index contributed by atoms with van der Waals surface area (Å²) >= 11 is 0. The third-order valence-corrected chi connectivity index (χ3v) is 3.10. The van der Waals surface area contributed by atoms with E-state index < -0.39 is 4.92 Å². The molecule has 5 nitrogen and oxygen atoms in total. The lowest BCUT2D eigenvalue weighted by Crippen LogP contribution is -2.26. The van der Waals surface area contributed by atoms with E-state index in [4.69, 9.17) is 0 Å². The second-order valence-electron chi connectivity index (χ2n) is 4.46. The predicted molar refractivity (Wildman–Crippen MR) is 77.0 cm³/mol. The Kier molecular flexibility index (Phi) is 3.79. The van der Waals surface area contributed by atoms with Crippen molar-refractivity contribution in [2.45, 2.75) is 6.92 Å². The third-order valence-electron chi connectivity index (χ3n) is 3.10. The number of aryl methyl sites for hydroxylation is 1. The fourth-order valence-electron chi connectivity index (χ4n) is 1.90. The van der Waals surface area contributed by atoms with Gasteiger partial charge in [-0.15, -0.1) is 0 Å². The van der Waals surface area contributed by atoms with Crippen molar-refractivity contribution < 1.29 is 9.72 Å². The number of carbonyl (C=O) groups excluding carboxylic acids is 1. The fourth-order valence-corrected chi connectivity index (χ4v) is 1.90. The monoisotopic (exact) mass is 270 g/mol. The van der Waals surface area contributed by atoms with Gasteiger partial charge in [-0.1, -0.05) is 24.3 Å². The summed E-state index contributed by atoms with van der Waals surface area (Å²) in [5, 5.41) is 10.9. The number of anilines is 1. The summed E-state index contributed by atoms with van der Waals surface area (Å²) in [5.74, 6) is -0.278. The average Bonchev–Trinajstić information content (AvgIpc) is 2.47. The molecule has 2 rings (SSSR count). The molecule has 0 atom stereocenters. The Hall–Kier alpha value is -2.69. The molecule has 0 saturated heterocycles. The molecule has 0 aliphatic heterocycles. The van der Waals surface area contributed by atoms with Gasteiger partial charge in [0, 0.05) is 29.9 Å². The highest BCUT2D eigenvalue weighted by molar-refractivity contribution is 6.06. The minimum atomic E-state index is -0.478. The molecule has 2 aromatic rings. The standard InChI is InChI=1S/C15H14N2O3/c1-11-8-9-12(10-14(11)17(19)20)15(18)16(2)13-6-4-3-5-7-13/h3-10H,1-2H3. The highest BCUT2D eigenvalue weighted by Gasteiger charge is 2.18. The van der Waals surface area contributed by atoms with E-state index in [0.717, 1.165) is 5.69 Å². The number of nitro benzene ring substituents is 1. The summed E-state index contributed by atoms with van der Waals surface area (Å²) in [6.07, 6.45) is 0. The average molecular weight is 270 g/mol. The van der Waals surface area contributed by atoms with E-state index >= 15 is 0 Å². The van der Waals surface area contributed by atoms with E-state index in [-0.39, 0.29) is 11.6 Å². The number of nitrogens with zero attached hydrogens (tertiary/aromatic N) is 2. The molecule has 0 aliphatic carbocycles. The highest BCUT2D eigenvalue weighted by Crippen LogP contribution is 2.21. The molecule has 5 heteroatoms. The van der Waals surface area contributed by atoms with Gasteiger partial charge in [0.15, 0.2) is 0 Å². The molecule has 0 bridgehead atoms. The van der Waals surface area contributed by atoms with Crippen LogP contribution >= 0.6 is 0 Å². The van der Waals surface area contributed by atoms with Crippen LogP contribution in [0.4, 0.5) is 11.4 Å². The Morgan fingerprint density at radius 2 is 1.80 bits per heavy atom. The first kappa shape index (κ1) is 13.7. The molecule has 0 N–H and O–H groups in total. The number of nitro groups is 1. The molecule has 0 spiro atoms. The molecule has 0 aliphatic rings. The first-order valence-corrected chi connectivity index (χ1v) is 6.09. The number of amides is 1. The van der Waals surface area contributed by atoms with Gasteiger partial charge in [0.1, 0.15) is 0 Å². The molecule has 102 valence electrons. The Labute approximate surface area is 116 Å².